The van der Waals surface area contributed by atoms with Crippen LogP contribution in [-0.4, -0.2) is 23.3 Å². The fourth-order valence-electron chi connectivity index (χ4n) is 4.32. The molecule has 0 bridgehead atoms. The van der Waals surface area contributed by atoms with Crippen molar-refractivity contribution >= 4 is 17.5 Å². The van der Waals surface area contributed by atoms with Crippen LogP contribution < -0.4 is 5.32 Å². The topological polar surface area (TPSA) is 62.6 Å². The molecule has 0 saturated heterocycles. The number of carbonyl (C=O) groups excluding carboxylic acids is 2. The molecule has 148 valence electrons. The van der Waals surface area contributed by atoms with E-state index in [9.17, 15) is 9.59 Å². The number of anilines is 1. The van der Waals surface area contributed by atoms with Gasteiger partial charge in [-0.15, -0.1) is 0 Å². The van der Waals surface area contributed by atoms with Crippen LogP contribution in [0.4, 0.5) is 5.69 Å². The van der Waals surface area contributed by atoms with E-state index in [4.69, 9.17) is 4.42 Å². The van der Waals surface area contributed by atoms with Crippen molar-refractivity contribution in [2.24, 2.45) is 5.92 Å². The number of hydrogen-bond acceptors (Lipinski definition) is 3. The second kappa shape index (κ2) is 8.21. The van der Waals surface area contributed by atoms with Crippen LogP contribution >= 0.6 is 0 Å². The first-order valence-corrected chi connectivity index (χ1v) is 10.4. The first kappa shape index (κ1) is 18.8. The van der Waals surface area contributed by atoms with Crippen molar-refractivity contribution in [3.8, 4) is 11.3 Å². The Labute approximate surface area is 166 Å². The molecular weight excluding hydrogens is 352 g/mol. The summed E-state index contributed by atoms with van der Waals surface area (Å²) in [5.41, 5.74) is 2.88. The number of rotatable bonds is 5. The molecule has 0 unspecified atom stereocenters. The van der Waals surface area contributed by atoms with Crippen LogP contribution in [0.5, 0.6) is 0 Å². The Morgan fingerprint density at radius 2 is 1.93 bits per heavy atom. The third-order valence-electron chi connectivity index (χ3n) is 6.02. The minimum atomic E-state index is 0.0948. The molecule has 1 saturated carbocycles. The van der Waals surface area contributed by atoms with Gasteiger partial charge in [-0.05, 0) is 42.7 Å². The smallest absolute Gasteiger partial charge is 0.224 e. The van der Waals surface area contributed by atoms with Crippen molar-refractivity contribution in [1.29, 1.82) is 0 Å². The van der Waals surface area contributed by atoms with E-state index in [1.54, 1.807) is 6.92 Å². The first-order chi connectivity index (χ1) is 13.6. The molecular formula is C23H28N2O3. The highest BCUT2D eigenvalue weighted by atomic mass is 16.3. The van der Waals surface area contributed by atoms with Gasteiger partial charge in [0.1, 0.15) is 11.5 Å². The molecule has 1 N–H and O–H groups in total. The van der Waals surface area contributed by atoms with Crippen molar-refractivity contribution in [3.63, 3.8) is 0 Å². The molecule has 1 fully saturated rings. The fraction of sp³-hybridized carbons (Fsp3) is 0.478. The van der Waals surface area contributed by atoms with E-state index in [0.29, 0.717) is 19.5 Å². The monoisotopic (exact) mass is 380 g/mol. The molecule has 5 nitrogen and oxygen atoms in total. The lowest BCUT2D eigenvalue weighted by molar-refractivity contribution is -0.129. The van der Waals surface area contributed by atoms with Crippen LogP contribution in [0.3, 0.4) is 0 Å². The summed E-state index contributed by atoms with van der Waals surface area (Å²) in [6.45, 7) is 2.93. The van der Waals surface area contributed by atoms with Gasteiger partial charge < -0.3 is 14.6 Å². The van der Waals surface area contributed by atoms with Gasteiger partial charge in [-0.3, -0.25) is 9.59 Å². The molecule has 1 aromatic carbocycles. The Morgan fingerprint density at radius 1 is 1.18 bits per heavy atom. The highest BCUT2D eigenvalue weighted by Crippen LogP contribution is 2.31. The zero-order valence-electron chi connectivity index (χ0n) is 16.5. The molecule has 28 heavy (non-hydrogen) atoms. The van der Waals surface area contributed by atoms with Gasteiger partial charge >= 0.3 is 0 Å². The van der Waals surface area contributed by atoms with Crippen LogP contribution in [0.2, 0.25) is 0 Å². The van der Waals surface area contributed by atoms with E-state index in [1.807, 2.05) is 35.2 Å². The standard InChI is InChI=1S/C23H28N2O3/c1-16(26)25-13-12-21-19(15-25)14-22(28-21)18-7-9-20(10-8-18)24-23(27)11-6-17-4-2-3-5-17/h7-10,14,17H,2-6,11-13,15H2,1H3,(H,24,27). The molecule has 0 spiro atoms. The summed E-state index contributed by atoms with van der Waals surface area (Å²) in [4.78, 5) is 25.6. The predicted octanol–water partition coefficient (Wildman–Crippen LogP) is 4.76. The second-order valence-electron chi connectivity index (χ2n) is 8.06. The molecule has 4 rings (SSSR count). The number of fused-ring (bicyclic) bond motifs is 1. The largest absolute Gasteiger partial charge is 0.461 e. The molecule has 5 heteroatoms. The lowest BCUT2D eigenvalue weighted by Crippen LogP contribution is -2.33. The van der Waals surface area contributed by atoms with Gasteiger partial charge in [-0.2, -0.15) is 0 Å². The number of nitrogens with zero attached hydrogens (tertiary/aromatic N) is 1. The number of hydrogen-bond donors (Lipinski definition) is 1. The number of benzene rings is 1. The van der Waals surface area contributed by atoms with Gasteiger partial charge in [-0.1, -0.05) is 25.7 Å². The molecule has 2 aliphatic rings. The molecule has 0 atom stereocenters. The van der Waals surface area contributed by atoms with E-state index in [-0.39, 0.29) is 11.8 Å². The Balaban J connectivity index is 1.36. The third-order valence-corrected chi connectivity index (χ3v) is 6.02. The van der Waals surface area contributed by atoms with Crippen molar-refractivity contribution in [2.45, 2.75) is 58.4 Å². The maximum atomic E-state index is 12.2. The van der Waals surface area contributed by atoms with Crippen LogP contribution in [-0.2, 0) is 22.6 Å². The van der Waals surface area contributed by atoms with E-state index >= 15 is 0 Å². The maximum absolute atomic E-state index is 12.2. The quantitative estimate of drug-likeness (QED) is 0.813. The Kier molecular flexibility index (Phi) is 5.51. The minimum absolute atomic E-state index is 0.0948. The zero-order valence-corrected chi connectivity index (χ0v) is 16.5. The lowest BCUT2D eigenvalue weighted by atomic mass is 10.0. The molecule has 2 amide bonds. The van der Waals surface area contributed by atoms with Crippen molar-refractivity contribution in [2.75, 3.05) is 11.9 Å². The lowest BCUT2D eigenvalue weighted by Gasteiger charge is -2.24. The Morgan fingerprint density at radius 3 is 2.64 bits per heavy atom. The first-order valence-electron chi connectivity index (χ1n) is 10.4. The molecule has 1 aliphatic heterocycles. The van der Waals surface area contributed by atoms with Gasteiger partial charge in [0, 0.05) is 49.7 Å². The minimum Gasteiger partial charge on any atom is -0.461 e. The molecule has 1 aliphatic carbocycles. The van der Waals surface area contributed by atoms with Crippen LogP contribution in [0, 0.1) is 5.92 Å². The van der Waals surface area contributed by atoms with Gasteiger partial charge in [0.25, 0.3) is 0 Å². The number of carbonyl (C=O) groups is 2. The van der Waals surface area contributed by atoms with Crippen molar-refractivity contribution in [3.05, 3.63) is 41.7 Å². The molecule has 2 aromatic rings. The van der Waals surface area contributed by atoms with E-state index in [0.717, 1.165) is 47.1 Å². The van der Waals surface area contributed by atoms with Crippen molar-refractivity contribution in [1.82, 2.24) is 4.90 Å². The Hall–Kier alpha value is -2.56. The SMILES string of the molecule is CC(=O)N1CCc2oc(-c3ccc(NC(=O)CCC4CCCC4)cc3)cc2C1. The van der Waals surface area contributed by atoms with E-state index in [2.05, 4.69) is 5.32 Å². The Bertz CT molecular complexity index is 847. The third kappa shape index (κ3) is 4.29. The van der Waals surface area contributed by atoms with E-state index in [1.165, 1.54) is 25.7 Å². The molecule has 0 radical (unpaired) electrons. The summed E-state index contributed by atoms with van der Waals surface area (Å²) in [5, 5.41) is 3.00. The van der Waals surface area contributed by atoms with Gasteiger partial charge in [0.05, 0.1) is 0 Å². The number of amides is 2. The van der Waals surface area contributed by atoms with Crippen LogP contribution in [0.1, 0.15) is 56.8 Å². The normalized spacial score (nSPS) is 16.8. The van der Waals surface area contributed by atoms with Gasteiger partial charge in [-0.25, -0.2) is 0 Å². The summed E-state index contributed by atoms with van der Waals surface area (Å²) >= 11 is 0. The highest BCUT2D eigenvalue weighted by molar-refractivity contribution is 5.90. The summed E-state index contributed by atoms with van der Waals surface area (Å²) < 4.78 is 6.01. The average Bonchev–Trinajstić information content (AvgIpc) is 3.36. The van der Waals surface area contributed by atoms with Crippen LogP contribution in [0.25, 0.3) is 11.3 Å². The number of furan rings is 1. The summed E-state index contributed by atoms with van der Waals surface area (Å²) in [6, 6.07) is 9.82. The highest BCUT2D eigenvalue weighted by Gasteiger charge is 2.22. The van der Waals surface area contributed by atoms with Crippen LogP contribution in [0.15, 0.2) is 34.7 Å². The average molecular weight is 380 g/mol. The maximum Gasteiger partial charge on any atom is 0.224 e. The number of nitrogens with one attached hydrogen (secondary N) is 1. The molecule has 2 heterocycles. The molecule has 1 aromatic heterocycles. The second-order valence-corrected chi connectivity index (χ2v) is 8.06. The summed E-state index contributed by atoms with van der Waals surface area (Å²) in [5.74, 6) is 2.71. The predicted molar refractivity (Wildman–Crippen MR) is 109 cm³/mol. The summed E-state index contributed by atoms with van der Waals surface area (Å²) in [6.07, 6.45) is 7.54. The zero-order chi connectivity index (χ0) is 19.5. The van der Waals surface area contributed by atoms with Crippen molar-refractivity contribution < 1.29 is 14.0 Å². The summed E-state index contributed by atoms with van der Waals surface area (Å²) in [7, 11) is 0. The van der Waals surface area contributed by atoms with Gasteiger partial charge in [0.2, 0.25) is 11.8 Å². The van der Waals surface area contributed by atoms with Gasteiger partial charge in [0.15, 0.2) is 0 Å². The van der Waals surface area contributed by atoms with E-state index < -0.39 is 0 Å². The fourth-order valence-corrected chi connectivity index (χ4v) is 4.32.